The summed E-state index contributed by atoms with van der Waals surface area (Å²) in [5, 5.41) is 21.8. The average Bonchev–Trinajstić information content (AvgIpc) is 3.09. The van der Waals surface area contributed by atoms with Crippen LogP contribution >= 0.6 is 0 Å². The number of rotatable bonds is 5. The number of fused-ring (bicyclic) bond motifs is 5. The molecular formula is C31H42O7. The summed E-state index contributed by atoms with van der Waals surface area (Å²) in [7, 11) is 0. The monoisotopic (exact) mass is 526 g/mol. The van der Waals surface area contributed by atoms with Crippen LogP contribution in [0.4, 0.5) is 0 Å². The summed E-state index contributed by atoms with van der Waals surface area (Å²) in [5.74, 6) is -3.29. The maximum atomic E-state index is 14.2. The van der Waals surface area contributed by atoms with Crippen LogP contribution in [0.3, 0.4) is 0 Å². The Hall–Kier alpha value is -2.54. The number of aliphatic carboxylic acids is 1. The van der Waals surface area contributed by atoms with Crippen molar-refractivity contribution in [2.45, 2.75) is 92.8 Å². The SMILES string of the molecule is CC(=O)O[C@H]1C[C@@]2(C)[C@@H](CC[C@H]3[C@@]4(C)C=CC(=O)[C@@H](C)[C@@H]4[C@H](O)C(=O)[C@]32C)/C1=C(\CCC=C(C)C)C(=O)O. The first-order valence-electron chi connectivity index (χ1n) is 13.8. The molecule has 0 saturated heterocycles. The maximum Gasteiger partial charge on any atom is 0.331 e. The number of allylic oxidation sites excluding steroid dienone is 4. The van der Waals surface area contributed by atoms with Crippen molar-refractivity contribution in [1.82, 2.24) is 0 Å². The molecule has 0 unspecified atom stereocenters. The van der Waals surface area contributed by atoms with Crippen molar-refractivity contribution in [2.24, 2.45) is 39.9 Å². The second kappa shape index (κ2) is 9.58. The summed E-state index contributed by atoms with van der Waals surface area (Å²) in [5.41, 5.74) is -0.352. The first-order valence-corrected chi connectivity index (χ1v) is 13.8. The van der Waals surface area contributed by atoms with Crippen molar-refractivity contribution in [3.8, 4) is 0 Å². The zero-order valence-electron chi connectivity index (χ0n) is 23.7. The molecule has 0 aromatic heterocycles. The molecule has 0 bridgehead atoms. The first kappa shape index (κ1) is 28.5. The minimum absolute atomic E-state index is 0.0775. The van der Waals surface area contributed by atoms with Crippen molar-refractivity contribution in [3.63, 3.8) is 0 Å². The first-order chi connectivity index (χ1) is 17.6. The van der Waals surface area contributed by atoms with Crippen LogP contribution in [0, 0.1) is 39.9 Å². The highest BCUT2D eigenvalue weighted by atomic mass is 16.5. The van der Waals surface area contributed by atoms with E-state index in [-0.39, 0.29) is 29.0 Å². The Labute approximate surface area is 225 Å². The molecule has 0 aliphatic heterocycles. The second-order valence-electron chi connectivity index (χ2n) is 12.9. The minimum Gasteiger partial charge on any atom is -0.478 e. The van der Waals surface area contributed by atoms with Crippen LogP contribution in [0.2, 0.25) is 0 Å². The molecule has 4 aliphatic rings. The number of carboxylic acids is 1. The van der Waals surface area contributed by atoms with Crippen LogP contribution in [-0.4, -0.2) is 45.9 Å². The van der Waals surface area contributed by atoms with Crippen LogP contribution < -0.4 is 0 Å². The fourth-order valence-corrected chi connectivity index (χ4v) is 8.92. The summed E-state index contributed by atoms with van der Waals surface area (Å²) in [6.07, 6.45) is 5.91. The Morgan fingerprint density at radius 3 is 2.37 bits per heavy atom. The Bertz CT molecular complexity index is 1160. The average molecular weight is 527 g/mol. The number of ether oxygens (including phenoxy) is 1. The molecule has 0 radical (unpaired) electrons. The lowest BCUT2D eigenvalue weighted by Gasteiger charge is -2.65. The zero-order chi connectivity index (χ0) is 28.4. The van der Waals surface area contributed by atoms with Gasteiger partial charge in [-0.2, -0.15) is 0 Å². The van der Waals surface area contributed by atoms with Crippen molar-refractivity contribution in [3.05, 3.63) is 34.9 Å². The molecule has 4 rings (SSSR count). The number of ketones is 2. The number of esters is 1. The standard InChI is InChI=1S/C31H42O7/c1-16(2)9-8-10-19(28(36)37)24-20-11-12-23-29(5)14-13-21(33)17(3)25(29)26(34)27(35)31(23,7)30(20,6)15-22(24)38-18(4)32/h9,13-14,17,20,22-23,25-26,34H,8,10-12,15H2,1-7H3,(H,36,37)/b24-19-/t17-,20+,22+,23+,25-,26+,29-,30+,31+/m1/s1. The fraction of sp³-hybridized carbons (Fsp3) is 0.677. The maximum absolute atomic E-state index is 14.2. The van der Waals surface area contributed by atoms with E-state index in [4.69, 9.17) is 4.74 Å². The molecule has 7 heteroatoms. The van der Waals surface area contributed by atoms with E-state index in [2.05, 4.69) is 6.92 Å². The van der Waals surface area contributed by atoms with Crippen LogP contribution in [0.25, 0.3) is 0 Å². The van der Waals surface area contributed by atoms with Gasteiger partial charge in [0, 0.05) is 29.7 Å². The molecule has 0 amide bonds. The van der Waals surface area contributed by atoms with E-state index in [0.717, 1.165) is 5.57 Å². The van der Waals surface area contributed by atoms with E-state index in [1.54, 1.807) is 13.0 Å². The van der Waals surface area contributed by atoms with E-state index >= 15 is 0 Å². The lowest BCUT2D eigenvalue weighted by Crippen LogP contribution is -2.69. The third-order valence-corrected chi connectivity index (χ3v) is 10.8. The van der Waals surface area contributed by atoms with Gasteiger partial charge in [-0.05, 0) is 80.3 Å². The number of hydrogen-bond acceptors (Lipinski definition) is 6. The Balaban J connectivity index is 1.89. The van der Waals surface area contributed by atoms with Gasteiger partial charge in [0.1, 0.15) is 12.2 Å². The van der Waals surface area contributed by atoms with Gasteiger partial charge in [0.15, 0.2) is 11.6 Å². The minimum atomic E-state index is -1.31. The fourth-order valence-electron chi connectivity index (χ4n) is 8.92. The number of carbonyl (C=O) groups is 4. The Kier molecular flexibility index (Phi) is 7.18. The van der Waals surface area contributed by atoms with Crippen LogP contribution in [-0.2, 0) is 23.9 Å². The largest absolute Gasteiger partial charge is 0.478 e. The lowest BCUT2D eigenvalue weighted by atomic mass is 9.37. The van der Waals surface area contributed by atoms with Crippen molar-refractivity contribution < 1.29 is 34.1 Å². The predicted molar refractivity (Wildman–Crippen MR) is 142 cm³/mol. The van der Waals surface area contributed by atoms with Crippen molar-refractivity contribution in [1.29, 1.82) is 0 Å². The molecule has 0 spiro atoms. The molecule has 3 saturated carbocycles. The molecule has 0 aromatic rings. The third kappa shape index (κ3) is 3.95. The van der Waals surface area contributed by atoms with E-state index in [1.807, 2.05) is 39.8 Å². The molecule has 2 N–H and O–H groups in total. The number of aliphatic hydroxyl groups is 1. The van der Waals surface area contributed by atoms with Gasteiger partial charge in [-0.15, -0.1) is 0 Å². The normalized spacial score (nSPS) is 43.1. The molecule has 7 nitrogen and oxygen atoms in total. The molecular weight excluding hydrogens is 484 g/mol. The molecule has 4 aliphatic carbocycles. The van der Waals surface area contributed by atoms with E-state index < -0.39 is 52.2 Å². The van der Waals surface area contributed by atoms with E-state index in [9.17, 15) is 29.4 Å². The Morgan fingerprint density at radius 1 is 1.13 bits per heavy atom. The molecule has 3 fully saturated rings. The van der Waals surface area contributed by atoms with Gasteiger partial charge < -0.3 is 14.9 Å². The topological polar surface area (TPSA) is 118 Å². The van der Waals surface area contributed by atoms with Crippen LogP contribution in [0.1, 0.15) is 80.6 Å². The number of hydrogen-bond donors (Lipinski definition) is 2. The zero-order valence-corrected chi connectivity index (χ0v) is 23.7. The van der Waals surface area contributed by atoms with Gasteiger partial charge in [0.2, 0.25) is 0 Å². The summed E-state index contributed by atoms with van der Waals surface area (Å²) in [6.45, 7) is 13.0. The second-order valence-corrected chi connectivity index (χ2v) is 12.9. The van der Waals surface area contributed by atoms with Crippen molar-refractivity contribution in [2.75, 3.05) is 0 Å². The number of aliphatic hydroxyl groups excluding tert-OH is 1. The predicted octanol–water partition coefficient (Wildman–Crippen LogP) is 4.83. The summed E-state index contributed by atoms with van der Waals surface area (Å²) < 4.78 is 5.78. The molecule has 0 heterocycles. The van der Waals surface area contributed by atoms with E-state index in [0.29, 0.717) is 37.7 Å². The molecule has 9 atom stereocenters. The van der Waals surface area contributed by atoms with Gasteiger partial charge in [0.25, 0.3) is 0 Å². The number of carbonyl (C=O) groups excluding carboxylic acids is 3. The van der Waals surface area contributed by atoms with Crippen molar-refractivity contribution >= 4 is 23.5 Å². The number of carboxylic acid groups (broad SMARTS) is 1. The molecule has 208 valence electrons. The summed E-state index contributed by atoms with van der Waals surface area (Å²) >= 11 is 0. The van der Waals surface area contributed by atoms with Gasteiger partial charge in [-0.25, -0.2) is 4.79 Å². The van der Waals surface area contributed by atoms with Crippen LogP contribution in [0.15, 0.2) is 34.9 Å². The number of Topliss-reactive ketones (excluding diaryl/α,β-unsaturated/α-hetero) is 1. The highest BCUT2D eigenvalue weighted by molar-refractivity contribution is 5.97. The van der Waals surface area contributed by atoms with Gasteiger partial charge in [-0.1, -0.05) is 45.4 Å². The van der Waals surface area contributed by atoms with Gasteiger partial charge in [0.05, 0.1) is 0 Å². The van der Waals surface area contributed by atoms with Gasteiger partial charge >= 0.3 is 11.9 Å². The van der Waals surface area contributed by atoms with Gasteiger partial charge in [-0.3, -0.25) is 14.4 Å². The molecule has 38 heavy (non-hydrogen) atoms. The lowest BCUT2D eigenvalue weighted by molar-refractivity contribution is -0.199. The highest BCUT2D eigenvalue weighted by Crippen LogP contribution is 2.72. The smallest absolute Gasteiger partial charge is 0.331 e. The van der Waals surface area contributed by atoms with Crippen LogP contribution in [0.5, 0.6) is 0 Å². The van der Waals surface area contributed by atoms with E-state index in [1.165, 1.54) is 6.92 Å². The Morgan fingerprint density at radius 2 is 1.79 bits per heavy atom. The summed E-state index contributed by atoms with van der Waals surface area (Å²) in [6, 6.07) is 0. The highest BCUT2D eigenvalue weighted by Gasteiger charge is 2.73. The molecule has 0 aromatic carbocycles. The quantitative estimate of drug-likeness (QED) is 0.299. The summed E-state index contributed by atoms with van der Waals surface area (Å²) in [4.78, 5) is 51.6. The third-order valence-electron chi connectivity index (χ3n) is 10.8.